The number of hydrogen-bond donors (Lipinski definition) is 0. The highest BCUT2D eigenvalue weighted by Crippen LogP contribution is 2.46. The maximum absolute atomic E-state index is 12.2. The molecule has 0 saturated carbocycles. The molecule has 2 aromatic rings. The molecule has 11 heteroatoms. The topological polar surface area (TPSA) is 139 Å². The van der Waals surface area contributed by atoms with Gasteiger partial charge in [-0.05, 0) is 44.0 Å². The van der Waals surface area contributed by atoms with Crippen LogP contribution in [-0.4, -0.2) is 57.1 Å². The van der Waals surface area contributed by atoms with Gasteiger partial charge in [0.05, 0.1) is 39.2 Å². The Morgan fingerprint density at radius 2 is 1.84 bits per heavy atom. The average Bonchev–Trinajstić information content (AvgIpc) is 2.92. The summed E-state index contributed by atoms with van der Waals surface area (Å²) in [6.45, 7) is 3.01. The summed E-state index contributed by atoms with van der Waals surface area (Å²) in [6, 6.07) is 11.4. The zero-order valence-corrected chi connectivity index (χ0v) is 22.1. The molecule has 1 aliphatic heterocycles. The van der Waals surface area contributed by atoms with E-state index in [4.69, 9.17) is 28.4 Å². The number of nitro groups is 1. The lowest BCUT2D eigenvalue weighted by Gasteiger charge is -2.30. The van der Waals surface area contributed by atoms with Crippen LogP contribution in [0.3, 0.4) is 0 Å². The Morgan fingerprint density at radius 3 is 2.42 bits per heavy atom. The normalized spacial score (nSPS) is 17.2. The van der Waals surface area contributed by atoms with E-state index in [9.17, 15) is 20.2 Å². The van der Waals surface area contributed by atoms with Gasteiger partial charge in [-0.3, -0.25) is 14.9 Å². The second-order valence-corrected chi connectivity index (χ2v) is 9.10. The number of rotatable bonds is 12. The van der Waals surface area contributed by atoms with Crippen LogP contribution in [0.1, 0.15) is 38.7 Å². The van der Waals surface area contributed by atoms with Crippen LogP contribution in [0.4, 0.5) is 0 Å². The summed E-state index contributed by atoms with van der Waals surface area (Å²) in [5, 5.41) is 22.4. The third kappa shape index (κ3) is 6.19. The Balaban J connectivity index is 1.86. The highest BCUT2D eigenvalue weighted by Gasteiger charge is 2.41. The number of fused-ring (bicyclic) bond motifs is 1. The lowest BCUT2D eigenvalue weighted by atomic mass is 9.77. The van der Waals surface area contributed by atoms with Crippen LogP contribution in [0.25, 0.3) is 0 Å². The number of carbonyl (C=O) groups excluding carboxylic acids is 1. The van der Waals surface area contributed by atoms with Gasteiger partial charge in [0.25, 0.3) is 6.04 Å². The van der Waals surface area contributed by atoms with Gasteiger partial charge in [-0.15, -0.1) is 0 Å². The van der Waals surface area contributed by atoms with E-state index in [2.05, 4.69) is 6.07 Å². The standard InChI is InChI=1S/C27H32N2O9/c1-17(30)37-21(20(29(31)32)14-18-15-36-22-8-6-7-9-23(22)38-18)12-13-27(2,16-28)19-10-11-24(33-3)26(35-5)25(19)34-4/h6-11,18,20-21H,12-15H2,1-5H3. The molecule has 1 heterocycles. The monoisotopic (exact) mass is 528 g/mol. The molecule has 0 aromatic heterocycles. The third-order valence-electron chi connectivity index (χ3n) is 6.56. The fraction of sp³-hybridized carbons (Fsp3) is 0.481. The van der Waals surface area contributed by atoms with Gasteiger partial charge in [0, 0.05) is 17.4 Å². The predicted molar refractivity (Wildman–Crippen MR) is 136 cm³/mol. The number of nitrogens with zero attached hydrogens (tertiary/aromatic N) is 2. The van der Waals surface area contributed by atoms with E-state index in [0.717, 1.165) is 0 Å². The SMILES string of the molecule is COc1ccc(C(C)(C#N)CCC(OC(C)=O)C(CC2COc3ccccc3O2)[N+](=O)[O-])c(OC)c1OC. The summed E-state index contributed by atoms with van der Waals surface area (Å²) in [6.07, 6.45) is -1.62. The first-order valence-corrected chi connectivity index (χ1v) is 12.1. The van der Waals surface area contributed by atoms with Gasteiger partial charge < -0.3 is 28.4 Å². The molecule has 0 saturated heterocycles. The number of esters is 1. The zero-order valence-electron chi connectivity index (χ0n) is 22.1. The molecule has 2 aromatic carbocycles. The number of benzene rings is 2. The van der Waals surface area contributed by atoms with Gasteiger partial charge in [0.1, 0.15) is 12.7 Å². The molecule has 1 aliphatic rings. The Kier molecular flexibility index (Phi) is 9.23. The van der Waals surface area contributed by atoms with Crippen molar-refractivity contribution in [3.8, 4) is 34.8 Å². The van der Waals surface area contributed by atoms with Gasteiger partial charge in [0.15, 0.2) is 29.1 Å². The molecule has 0 radical (unpaired) electrons. The van der Waals surface area contributed by atoms with Gasteiger partial charge in [-0.25, -0.2) is 0 Å². The first-order valence-electron chi connectivity index (χ1n) is 12.1. The molecular formula is C27H32N2O9. The molecule has 3 rings (SSSR count). The van der Waals surface area contributed by atoms with Crippen molar-refractivity contribution in [2.24, 2.45) is 0 Å². The minimum Gasteiger partial charge on any atom is -0.493 e. The summed E-state index contributed by atoms with van der Waals surface area (Å²) in [5.74, 6) is 1.46. The van der Waals surface area contributed by atoms with Crippen LogP contribution in [0, 0.1) is 21.4 Å². The summed E-state index contributed by atoms with van der Waals surface area (Å²) < 4.78 is 33.4. The molecular weight excluding hydrogens is 496 g/mol. The summed E-state index contributed by atoms with van der Waals surface area (Å²) in [7, 11) is 4.40. The minimum absolute atomic E-state index is 0.0386. The van der Waals surface area contributed by atoms with Gasteiger partial charge in [-0.2, -0.15) is 5.26 Å². The fourth-order valence-corrected chi connectivity index (χ4v) is 4.58. The first kappa shape index (κ1) is 28.4. The summed E-state index contributed by atoms with van der Waals surface area (Å²) in [5.41, 5.74) is -0.645. The van der Waals surface area contributed by atoms with E-state index in [1.807, 2.05) is 0 Å². The fourth-order valence-electron chi connectivity index (χ4n) is 4.58. The van der Waals surface area contributed by atoms with Gasteiger partial charge in [0.2, 0.25) is 5.75 Å². The number of methoxy groups -OCH3 is 3. The average molecular weight is 529 g/mol. The van der Waals surface area contributed by atoms with Gasteiger partial charge in [-0.1, -0.05) is 12.1 Å². The van der Waals surface area contributed by atoms with Crippen molar-refractivity contribution in [1.29, 1.82) is 5.26 Å². The van der Waals surface area contributed by atoms with E-state index < -0.39 is 34.6 Å². The van der Waals surface area contributed by atoms with Crippen molar-refractivity contribution in [2.75, 3.05) is 27.9 Å². The quantitative estimate of drug-likeness (QED) is 0.225. The molecule has 0 aliphatic carbocycles. The van der Waals surface area contributed by atoms with E-state index in [1.165, 1.54) is 28.3 Å². The molecule has 0 N–H and O–H groups in total. The smallest absolute Gasteiger partial charge is 0.303 e. The number of nitriles is 1. The molecule has 0 spiro atoms. The van der Waals surface area contributed by atoms with Crippen LogP contribution < -0.4 is 23.7 Å². The van der Waals surface area contributed by atoms with Crippen LogP contribution in [-0.2, 0) is 14.9 Å². The molecule has 4 atom stereocenters. The number of para-hydroxylation sites is 2. The number of hydrogen-bond acceptors (Lipinski definition) is 10. The van der Waals surface area contributed by atoms with E-state index >= 15 is 0 Å². The van der Waals surface area contributed by atoms with Crippen molar-refractivity contribution < 1.29 is 38.1 Å². The molecule has 0 amide bonds. The highest BCUT2D eigenvalue weighted by atomic mass is 16.6. The lowest BCUT2D eigenvalue weighted by molar-refractivity contribution is -0.536. The highest BCUT2D eigenvalue weighted by molar-refractivity contribution is 5.66. The number of carbonyl (C=O) groups is 1. The summed E-state index contributed by atoms with van der Waals surface area (Å²) in [4.78, 5) is 23.6. The molecule has 204 valence electrons. The van der Waals surface area contributed by atoms with Crippen molar-refractivity contribution in [2.45, 2.75) is 56.8 Å². The second-order valence-electron chi connectivity index (χ2n) is 9.10. The van der Waals surface area contributed by atoms with Gasteiger partial charge >= 0.3 is 5.97 Å². The Hall–Kier alpha value is -4.20. The Bertz CT molecular complexity index is 1200. The van der Waals surface area contributed by atoms with E-state index in [0.29, 0.717) is 34.3 Å². The van der Waals surface area contributed by atoms with Crippen LogP contribution in [0.5, 0.6) is 28.7 Å². The molecule has 38 heavy (non-hydrogen) atoms. The lowest BCUT2D eigenvalue weighted by Crippen LogP contribution is -2.43. The van der Waals surface area contributed by atoms with Crippen LogP contribution in [0.15, 0.2) is 36.4 Å². The largest absolute Gasteiger partial charge is 0.493 e. The van der Waals surface area contributed by atoms with E-state index in [-0.39, 0.29) is 25.9 Å². The third-order valence-corrected chi connectivity index (χ3v) is 6.56. The maximum Gasteiger partial charge on any atom is 0.303 e. The summed E-state index contributed by atoms with van der Waals surface area (Å²) >= 11 is 0. The van der Waals surface area contributed by atoms with Crippen LogP contribution >= 0.6 is 0 Å². The molecule has 11 nitrogen and oxygen atoms in total. The van der Waals surface area contributed by atoms with Crippen LogP contribution in [0.2, 0.25) is 0 Å². The first-order chi connectivity index (χ1) is 18.2. The minimum atomic E-state index is -1.28. The van der Waals surface area contributed by atoms with Crippen molar-refractivity contribution in [3.05, 3.63) is 52.1 Å². The molecule has 0 fully saturated rings. The second kappa shape index (κ2) is 12.4. The maximum atomic E-state index is 12.2. The number of ether oxygens (including phenoxy) is 6. The molecule has 0 bridgehead atoms. The van der Waals surface area contributed by atoms with Crippen molar-refractivity contribution >= 4 is 5.97 Å². The Morgan fingerprint density at radius 1 is 1.16 bits per heavy atom. The molecule has 4 unspecified atom stereocenters. The zero-order chi connectivity index (χ0) is 27.9. The Labute approximate surface area is 221 Å². The predicted octanol–water partition coefficient (Wildman–Crippen LogP) is 4.08. The van der Waals surface area contributed by atoms with E-state index in [1.54, 1.807) is 43.3 Å². The van der Waals surface area contributed by atoms with Crippen molar-refractivity contribution in [1.82, 2.24) is 0 Å². The van der Waals surface area contributed by atoms with Crippen molar-refractivity contribution in [3.63, 3.8) is 0 Å².